The van der Waals surface area contributed by atoms with Gasteiger partial charge in [0, 0.05) is 17.6 Å². The molecule has 1 N–H and O–H groups in total. The molecule has 26 heavy (non-hydrogen) atoms. The molecule has 0 radical (unpaired) electrons. The van der Waals surface area contributed by atoms with E-state index < -0.39 is 0 Å². The SMILES string of the molecule is C=C(Cc1c(C)cc(C)cc1CN(C)/N=C/C1C=CCCN1)C(C)(C)Br. The minimum atomic E-state index is -0.0648. The zero-order valence-electron chi connectivity index (χ0n) is 16.8. The van der Waals surface area contributed by atoms with E-state index in [0.29, 0.717) is 0 Å². The van der Waals surface area contributed by atoms with Gasteiger partial charge in [-0.15, -0.1) is 0 Å². The Morgan fingerprint density at radius 1 is 1.42 bits per heavy atom. The van der Waals surface area contributed by atoms with Crippen LogP contribution in [0, 0.1) is 13.8 Å². The Balaban J connectivity index is 2.16. The van der Waals surface area contributed by atoms with Crippen LogP contribution in [0.4, 0.5) is 0 Å². The number of hydrogen-bond acceptors (Lipinski definition) is 3. The van der Waals surface area contributed by atoms with Crippen LogP contribution in [0.3, 0.4) is 0 Å². The smallest absolute Gasteiger partial charge is 0.0628 e. The van der Waals surface area contributed by atoms with E-state index >= 15 is 0 Å². The van der Waals surface area contributed by atoms with Gasteiger partial charge in [-0.25, -0.2) is 0 Å². The predicted molar refractivity (Wildman–Crippen MR) is 117 cm³/mol. The van der Waals surface area contributed by atoms with Crippen LogP contribution < -0.4 is 5.32 Å². The van der Waals surface area contributed by atoms with Crippen molar-refractivity contribution in [3.63, 3.8) is 0 Å². The quantitative estimate of drug-likeness (QED) is 0.295. The maximum atomic E-state index is 4.63. The van der Waals surface area contributed by atoms with E-state index in [1.165, 1.54) is 27.8 Å². The minimum Gasteiger partial charge on any atom is -0.306 e. The Morgan fingerprint density at radius 2 is 2.15 bits per heavy atom. The van der Waals surface area contributed by atoms with Gasteiger partial charge in [-0.1, -0.05) is 57.9 Å². The van der Waals surface area contributed by atoms with Crippen LogP contribution in [0.2, 0.25) is 0 Å². The molecule has 1 aliphatic rings. The highest BCUT2D eigenvalue weighted by Crippen LogP contribution is 2.30. The number of nitrogens with zero attached hydrogens (tertiary/aromatic N) is 2. The molecule has 0 amide bonds. The monoisotopic (exact) mass is 417 g/mol. The summed E-state index contributed by atoms with van der Waals surface area (Å²) in [6.07, 6.45) is 8.34. The van der Waals surface area contributed by atoms with Gasteiger partial charge in [0.2, 0.25) is 0 Å². The molecule has 4 heteroatoms. The second kappa shape index (κ2) is 9.01. The molecule has 1 aromatic carbocycles. The first-order chi connectivity index (χ1) is 12.2. The number of aryl methyl sites for hydroxylation is 2. The van der Waals surface area contributed by atoms with Crippen LogP contribution in [-0.4, -0.2) is 35.2 Å². The zero-order valence-corrected chi connectivity index (χ0v) is 18.4. The molecular formula is C22H32BrN3. The predicted octanol–water partition coefficient (Wildman–Crippen LogP) is 4.91. The number of allylic oxidation sites excluding steroid dienone is 1. The van der Waals surface area contributed by atoms with Crippen LogP contribution >= 0.6 is 15.9 Å². The third-order valence-corrected chi connectivity index (χ3v) is 5.36. The summed E-state index contributed by atoms with van der Waals surface area (Å²) in [5.74, 6) is 0. The molecule has 0 spiro atoms. The number of benzene rings is 1. The average Bonchev–Trinajstić information content (AvgIpc) is 2.56. The number of hydrazone groups is 1. The first-order valence-corrected chi connectivity index (χ1v) is 10.1. The Bertz CT molecular complexity index is 698. The second-order valence-corrected chi connectivity index (χ2v) is 9.73. The van der Waals surface area contributed by atoms with E-state index in [1.54, 1.807) is 0 Å². The molecule has 1 aromatic rings. The summed E-state index contributed by atoms with van der Waals surface area (Å²) in [6.45, 7) is 14.8. The number of rotatable bonds is 7. The van der Waals surface area contributed by atoms with Gasteiger partial charge in [0.05, 0.1) is 12.6 Å². The Labute approximate surface area is 167 Å². The van der Waals surface area contributed by atoms with E-state index in [4.69, 9.17) is 0 Å². The van der Waals surface area contributed by atoms with Crippen molar-refractivity contribution in [3.05, 3.63) is 58.7 Å². The first kappa shape index (κ1) is 20.9. The van der Waals surface area contributed by atoms with Crippen molar-refractivity contribution < 1.29 is 0 Å². The third-order valence-electron chi connectivity index (χ3n) is 4.80. The molecule has 0 saturated heterocycles. The summed E-state index contributed by atoms with van der Waals surface area (Å²) >= 11 is 3.74. The molecule has 0 fully saturated rings. The lowest BCUT2D eigenvalue weighted by molar-refractivity contribution is 0.346. The number of alkyl halides is 1. The van der Waals surface area contributed by atoms with Gasteiger partial charge >= 0.3 is 0 Å². The van der Waals surface area contributed by atoms with E-state index in [9.17, 15) is 0 Å². The fourth-order valence-corrected chi connectivity index (χ4v) is 3.26. The van der Waals surface area contributed by atoms with Crippen molar-refractivity contribution in [2.45, 2.75) is 57.4 Å². The second-order valence-electron chi connectivity index (χ2n) is 7.75. The highest BCUT2D eigenvalue weighted by atomic mass is 79.9. The lowest BCUT2D eigenvalue weighted by Gasteiger charge is -2.24. The van der Waals surface area contributed by atoms with Gasteiger partial charge in [0.15, 0.2) is 0 Å². The minimum absolute atomic E-state index is 0.0648. The summed E-state index contributed by atoms with van der Waals surface area (Å²) in [7, 11) is 2.04. The standard InChI is InChI=1S/C22H32BrN3/c1-16-11-17(2)21(13-18(3)22(4,5)23)19(12-16)15-26(6)25-14-20-9-7-8-10-24-20/h7,9,11-12,14,20,24H,3,8,10,13,15H2,1-2,4-6H3/b25-14+. The Hall–Kier alpha value is -1.39. The summed E-state index contributed by atoms with van der Waals surface area (Å²) < 4.78 is -0.0648. The molecule has 0 aromatic heterocycles. The average molecular weight is 418 g/mol. The third kappa shape index (κ3) is 6.10. The zero-order chi connectivity index (χ0) is 19.3. The van der Waals surface area contributed by atoms with Gasteiger partial charge in [-0.3, -0.25) is 5.01 Å². The fourth-order valence-electron chi connectivity index (χ4n) is 3.12. The van der Waals surface area contributed by atoms with Crippen LogP contribution in [0.15, 0.2) is 41.5 Å². The van der Waals surface area contributed by atoms with Crippen molar-refractivity contribution in [1.82, 2.24) is 10.3 Å². The lowest BCUT2D eigenvalue weighted by Crippen LogP contribution is -2.32. The highest BCUT2D eigenvalue weighted by Gasteiger charge is 2.20. The lowest BCUT2D eigenvalue weighted by atomic mass is 9.90. The van der Waals surface area contributed by atoms with Gasteiger partial charge < -0.3 is 5.32 Å². The van der Waals surface area contributed by atoms with Crippen molar-refractivity contribution in [2.24, 2.45) is 5.10 Å². The fraction of sp³-hybridized carbons (Fsp3) is 0.500. The van der Waals surface area contributed by atoms with Crippen molar-refractivity contribution in [3.8, 4) is 0 Å². The van der Waals surface area contributed by atoms with Gasteiger partial charge in [0.1, 0.15) is 0 Å². The highest BCUT2D eigenvalue weighted by molar-refractivity contribution is 9.10. The Kier molecular flexibility index (Phi) is 7.24. The van der Waals surface area contributed by atoms with Gasteiger partial charge in [0.25, 0.3) is 0 Å². The summed E-state index contributed by atoms with van der Waals surface area (Å²) in [4.78, 5) is 0. The molecule has 0 aliphatic carbocycles. The van der Waals surface area contributed by atoms with Gasteiger partial charge in [-0.05, 0) is 63.8 Å². The van der Waals surface area contributed by atoms with E-state index in [0.717, 1.165) is 25.9 Å². The molecule has 1 atom stereocenters. The van der Waals surface area contributed by atoms with Gasteiger partial charge in [-0.2, -0.15) is 5.10 Å². The number of nitrogens with one attached hydrogen (secondary N) is 1. The van der Waals surface area contributed by atoms with Crippen LogP contribution in [0.5, 0.6) is 0 Å². The van der Waals surface area contributed by atoms with Crippen LogP contribution in [-0.2, 0) is 13.0 Å². The molecule has 1 unspecified atom stereocenters. The van der Waals surface area contributed by atoms with Crippen LogP contribution in [0.1, 0.15) is 42.5 Å². The molecule has 3 nitrogen and oxygen atoms in total. The Morgan fingerprint density at radius 3 is 2.77 bits per heavy atom. The van der Waals surface area contributed by atoms with E-state index in [2.05, 4.69) is 84.9 Å². The molecule has 0 saturated carbocycles. The molecular weight excluding hydrogens is 386 g/mol. The van der Waals surface area contributed by atoms with Crippen molar-refractivity contribution >= 4 is 22.1 Å². The summed E-state index contributed by atoms with van der Waals surface area (Å²) in [6, 6.07) is 4.77. The summed E-state index contributed by atoms with van der Waals surface area (Å²) in [5, 5.41) is 10.1. The maximum Gasteiger partial charge on any atom is 0.0628 e. The number of halogens is 1. The normalized spacial score (nSPS) is 17.7. The summed E-state index contributed by atoms with van der Waals surface area (Å²) in [5.41, 5.74) is 6.50. The first-order valence-electron chi connectivity index (χ1n) is 9.28. The molecule has 142 valence electrons. The molecule has 2 rings (SSSR count). The molecule has 0 bridgehead atoms. The number of hydrogen-bond donors (Lipinski definition) is 1. The largest absolute Gasteiger partial charge is 0.306 e. The molecule has 1 aliphatic heterocycles. The van der Waals surface area contributed by atoms with Crippen LogP contribution in [0.25, 0.3) is 0 Å². The molecule has 1 heterocycles. The van der Waals surface area contributed by atoms with Crippen molar-refractivity contribution in [2.75, 3.05) is 13.6 Å². The van der Waals surface area contributed by atoms with E-state index in [-0.39, 0.29) is 10.4 Å². The topological polar surface area (TPSA) is 27.6 Å². The maximum absolute atomic E-state index is 4.63. The van der Waals surface area contributed by atoms with Crippen molar-refractivity contribution in [1.29, 1.82) is 0 Å². The van der Waals surface area contributed by atoms with E-state index in [1.807, 2.05) is 18.3 Å².